The lowest BCUT2D eigenvalue weighted by atomic mass is 9.82. The van der Waals surface area contributed by atoms with Crippen molar-refractivity contribution in [2.45, 2.75) is 82.3 Å². The number of nitrogens with zero attached hydrogens (tertiary/aromatic N) is 3. The second kappa shape index (κ2) is 14.9. The van der Waals surface area contributed by atoms with E-state index in [0.717, 1.165) is 47.2 Å². The number of amides is 1. The summed E-state index contributed by atoms with van der Waals surface area (Å²) in [5.41, 5.74) is 3.21. The van der Waals surface area contributed by atoms with Gasteiger partial charge in [0.2, 0.25) is 5.91 Å². The highest BCUT2D eigenvalue weighted by atomic mass is 32.2. The van der Waals surface area contributed by atoms with E-state index in [1.807, 2.05) is 54.6 Å². The SMILES string of the molecule is CCC(C)(C)c1ccc(Oc2ccc(NC(=O)CSc3nnc(Cc4ccc(OC)c(OC)c4)n3C3CCCCC3)cc2)cc1. The zero-order valence-electron chi connectivity index (χ0n) is 27.0. The predicted molar refractivity (Wildman–Crippen MR) is 180 cm³/mol. The van der Waals surface area contributed by atoms with Gasteiger partial charge in [-0.3, -0.25) is 4.79 Å². The number of ether oxygens (including phenoxy) is 3. The number of aromatic nitrogens is 3. The first-order chi connectivity index (χ1) is 21.8. The first-order valence-electron chi connectivity index (χ1n) is 15.8. The average molecular weight is 629 g/mol. The Morgan fingerprint density at radius 3 is 2.22 bits per heavy atom. The quantitative estimate of drug-likeness (QED) is 0.148. The Labute approximate surface area is 270 Å². The van der Waals surface area contributed by atoms with Crippen molar-refractivity contribution in [1.29, 1.82) is 0 Å². The van der Waals surface area contributed by atoms with Gasteiger partial charge < -0.3 is 24.1 Å². The molecular weight excluding hydrogens is 584 g/mol. The summed E-state index contributed by atoms with van der Waals surface area (Å²) in [6, 6.07) is 22.0. The molecule has 238 valence electrons. The second-order valence-electron chi connectivity index (χ2n) is 12.2. The second-order valence-corrected chi connectivity index (χ2v) is 13.1. The molecule has 0 aliphatic heterocycles. The van der Waals surface area contributed by atoms with Gasteiger partial charge in [0.15, 0.2) is 16.7 Å². The molecule has 1 heterocycles. The van der Waals surface area contributed by atoms with Gasteiger partial charge in [-0.1, -0.05) is 70.0 Å². The Morgan fingerprint density at radius 1 is 0.911 bits per heavy atom. The third-order valence-electron chi connectivity index (χ3n) is 8.71. The summed E-state index contributed by atoms with van der Waals surface area (Å²) in [5, 5.41) is 12.9. The normalized spacial score (nSPS) is 13.8. The Kier molecular flexibility index (Phi) is 10.7. The van der Waals surface area contributed by atoms with Crippen molar-refractivity contribution in [3.63, 3.8) is 0 Å². The van der Waals surface area contributed by atoms with E-state index in [-0.39, 0.29) is 17.1 Å². The molecule has 1 aliphatic rings. The zero-order chi connectivity index (χ0) is 31.8. The molecule has 4 aromatic rings. The maximum absolute atomic E-state index is 13.0. The minimum atomic E-state index is -0.0950. The third kappa shape index (κ3) is 8.19. The fraction of sp³-hybridized carbons (Fsp3) is 0.417. The lowest BCUT2D eigenvalue weighted by Crippen LogP contribution is -2.18. The van der Waals surface area contributed by atoms with Crippen molar-refractivity contribution >= 4 is 23.4 Å². The number of nitrogens with one attached hydrogen (secondary N) is 1. The predicted octanol–water partition coefficient (Wildman–Crippen LogP) is 8.60. The number of thioether (sulfide) groups is 1. The van der Waals surface area contributed by atoms with Crippen LogP contribution in [0.2, 0.25) is 0 Å². The molecular formula is C36H44N4O4S. The topological polar surface area (TPSA) is 87.5 Å². The van der Waals surface area contributed by atoms with Crippen LogP contribution in [0.4, 0.5) is 5.69 Å². The van der Waals surface area contributed by atoms with Gasteiger partial charge in [0.1, 0.15) is 17.3 Å². The summed E-state index contributed by atoms with van der Waals surface area (Å²) in [5.74, 6) is 3.92. The molecule has 1 saturated carbocycles. The van der Waals surface area contributed by atoms with E-state index in [1.54, 1.807) is 14.2 Å². The van der Waals surface area contributed by atoms with E-state index < -0.39 is 0 Å². The molecule has 0 bridgehead atoms. The molecule has 1 amide bonds. The summed E-state index contributed by atoms with van der Waals surface area (Å²) >= 11 is 1.43. The molecule has 0 unspecified atom stereocenters. The minimum absolute atomic E-state index is 0.0950. The molecule has 45 heavy (non-hydrogen) atoms. The van der Waals surface area contributed by atoms with Gasteiger partial charge in [-0.15, -0.1) is 10.2 Å². The van der Waals surface area contributed by atoms with Crippen molar-refractivity contribution in [2.75, 3.05) is 25.3 Å². The van der Waals surface area contributed by atoms with Gasteiger partial charge in [0, 0.05) is 18.2 Å². The van der Waals surface area contributed by atoms with Crippen LogP contribution in [0.15, 0.2) is 71.9 Å². The molecule has 9 heteroatoms. The Morgan fingerprint density at radius 2 is 1.58 bits per heavy atom. The van der Waals surface area contributed by atoms with Crippen molar-refractivity contribution in [3.8, 4) is 23.0 Å². The summed E-state index contributed by atoms with van der Waals surface area (Å²) < 4.78 is 19.2. The number of hydrogen-bond donors (Lipinski definition) is 1. The van der Waals surface area contributed by atoms with E-state index in [2.05, 4.69) is 53.0 Å². The van der Waals surface area contributed by atoms with Crippen molar-refractivity contribution in [3.05, 3.63) is 83.7 Å². The van der Waals surface area contributed by atoms with Crippen LogP contribution in [0.25, 0.3) is 0 Å². The number of anilines is 1. The number of carbonyl (C=O) groups excluding carboxylic acids is 1. The number of methoxy groups -OCH3 is 2. The molecule has 1 fully saturated rings. The van der Waals surface area contributed by atoms with Gasteiger partial charge in [-0.05, 0) is 84.3 Å². The largest absolute Gasteiger partial charge is 0.493 e. The molecule has 8 nitrogen and oxygen atoms in total. The van der Waals surface area contributed by atoms with E-state index in [9.17, 15) is 4.79 Å². The number of hydrogen-bond acceptors (Lipinski definition) is 7. The van der Waals surface area contributed by atoms with Gasteiger partial charge in [0.25, 0.3) is 0 Å². The molecule has 1 aromatic heterocycles. The molecule has 0 radical (unpaired) electrons. The van der Waals surface area contributed by atoms with Crippen LogP contribution in [-0.4, -0.2) is 40.6 Å². The minimum Gasteiger partial charge on any atom is -0.493 e. The summed E-state index contributed by atoms with van der Waals surface area (Å²) in [7, 11) is 3.27. The number of rotatable bonds is 13. The average Bonchev–Trinajstić information content (AvgIpc) is 3.47. The number of carbonyl (C=O) groups is 1. The Bertz CT molecular complexity index is 1560. The smallest absolute Gasteiger partial charge is 0.234 e. The molecule has 5 rings (SSSR count). The summed E-state index contributed by atoms with van der Waals surface area (Å²) in [4.78, 5) is 13.0. The van der Waals surface area contributed by atoms with E-state index in [0.29, 0.717) is 29.7 Å². The molecule has 1 aliphatic carbocycles. The highest BCUT2D eigenvalue weighted by Crippen LogP contribution is 2.35. The van der Waals surface area contributed by atoms with E-state index in [4.69, 9.17) is 14.2 Å². The van der Waals surface area contributed by atoms with Crippen LogP contribution in [-0.2, 0) is 16.6 Å². The summed E-state index contributed by atoms with van der Waals surface area (Å²) in [6.45, 7) is 6.69. The third-order valence-corrected chi connectivity index (χ3v) is 9.65. The Balaban J connectivity index is 1.21. The maximum Gasteiger partial charge on any atom is 0.234 e. The highest BCUT2D eigenvalue weighted by Gasteiger charge is 2.24. The lowest BCUT2D eigenvalue weighted by Gasteiger charge is -2.25. The highest BCUT2D eigenvalue weighted by molar-refractivity contribution is 7.99. The molecule has 1 N–H and O–H groups in total. The van der Waals surface area contributed by atoms with Crippen LogP contribution in [0.1, 0.15) is 82.3 Å². The van der Waals surface area contributed by atoms with Gasteiger partial charge in [0.05, 0.1) is 20.0 Å². The molecule has 0 atom stereocenters. The van der Waals surface area contributed by atoms with Crippen LogP contribution >= 0.6 is 11.8 Å². The van der Waals surface area contributed by atoms with Crippen LogP contribution in [0, 0.1) is 0 Å². The number of benzene rings is 3. The summed E-state index contributed by atoms with van der Waals surface area (Å²) in [6.07, 6.45) is 7.49. The van der Waals surface area contributed by atoms with E-state index >= 15 is 0 Å². The van der Waals surface area contributed by atoms with Crippen molar-refractivity contribution in [1.82, 2.24) is 14.8 Å². The first kappa shape index (κ1) is 32.4. The van der Waals surface area contributed by atoms with Crippen molar-refractivity contribution < 1.29 is 19.0 Å². The van der Waals surface area contributed by atoms with E-state index in [1.165, 1.54) is 36.6 Å². The van der Waals surface area contributed by atoms with Gasteiger partial charge >= 0.3 is 0 Å². The standard InChI is InChI=1S/C36H44N4O4S/c1-6-36(2,3)26-13-17-29(18-14-26)44-30-19-15-27(16-20-30)37-34(41)24-45-35-39-38-33(40(35)28-10-8-7-9-11-28)23-25-12-21-31(42-4)32(22-25)43-5/h12-22,28H,6-11,23-24H2,1-5H3,(H,37,41). The first-order valence-corrected chi connectivity index (χ1v) is 16.7. The molecule has 0 saturated heterocycles. The van der Waals surface area contributed by atoms with Crippen LogP contribution < -0.4 is 19.5 Å². The van der Waals surface area contributed by atoms with Crippen LogP contribution in [0.5, 0.6) is 23.0 Å². The lowest BCUT2D eigenvalue weighted by molar-refractivity contribution is -0.113. The van der Waals surface area contributed by atoms with Crippen molar-refractivity contribution in [2.24, 2.45) is 0 Å². The van der Waals surface area contributed by atoms with Gasteiger partial charge in [-0.2, -0.15) is 0 Å². The van der Waals surface area contributed by atoms with Gasteiger partial charge in [-0.25, -0.2) is 0 Å². The fourth-order valence-electron chi connectivity index (χ4n) is 5.65. The maximum atomic E-state index is 13.0. The monoisotopic (exact) mass is 628 g/mol. The molecule has 3 aromatic carbocycles. The van der Waals surface area contributed by atoms with Crippen LogP contribution in [0.3, 0.4) is 0 Å². The fourth-order valence-corrected chi connectivity index (χ4v) is 6.48. The zero-order valence-corrected chi connectivity index (χ0v) is 27.8. The molecule has 0 spiro atoms. The Hall–Kier alpha value is -3.98.